The van der Waals surface area contributed by atoms with Crippen molar-refractivity contribution in [2.45, 2.75) is 25.9 Å². The zero-order chi connectivity index (χ0) is 21.7. The van der Waals surface area contributed by atoms with E-state index in [0.29, 0.717) is 26.1 Å². The molecule has 0 aliphatic carbocycles. The number of urea groups is 1. The molecule has 3 aromatic carbocycles. The molecular weight excluding hydrogens is 390 g/mol. The fourth-order valence-electron chi connectivity index (χ4n) is 4.62. The van der Waals surface area contributed by atoms with Crippen LogP contribution in [0.25, 0.3) is 21.9 Å². The minimum absolute atomic E-state index is 0.0426. The van der Waals surface area contributed by atoms with Crippen molar-refractivity contribution in [3.05, 3.63) is 60.2 Å². The maximum Gasteiger partial charge on any atom is 0.324 e. The smallest absolute Gasteiger partial charge is 0.324 e. The van der Waals surface area contributed by atoms with Crippen LogP contribution in [0.5, 0.6) is 5.75 Å². The van der Waals surface area contributed by atoms with Gasteiger partial charge in [0.2, 0.25) is 5.91 Å². The fraction of sp³-hybridized carbons (Fsp3) is 0.280. The summed E-state index contributed by atoms with van der Waals surface area (Å²) in [5.74, 6) is 0.357. The molecule has 6 nitrogen and oxygen atoms in total. The van der Waals surface area contributed by atoms with E-state index < -0.39 is 0 Å². The minimum Gasteiger partial charge on any atom is -0.508 e. The summed E-state index contributed by atoms with van der Waals surface area (Å²) in [5.41, 5.74) is 3.86. The summed E-state index contributed by atoms with van der Waals surface area (Å²) >= 11 is 0. The van der Waals surface area contributed by atoms with Crippen LogP contribution in [0.15, 0.2) is 54.6 Å². The first-order valence-corrected chi connectivity index (χ1v) is 10.6. The highest BCUT2D eigenvalue weighted by atomic mass is 16.3. The van der Waals surface area contributed by atoms with E-state index in [1.54, 1.807) is 24.1 Å². The molecule has 0 bridgehead atoms. The van der Waals surface area contributed by atoms with Gasteiger partial charge in [-0.25, -0.2) is 4.79 Å². The Morgan fingerprint density at radius 1 is 1.10 bits per heavy atom. The molecule has 2 heterocycles. The molecule has 0 radical (unpaired) electrons. The van der Waals surface area contributed by atoms with Crippen LogP contribution in [0.2, 0.25) is 0 Å². The summed E-state index contributed by atoms with van der Waals surface area (Å²) in [6.07, 6.45) is 0.496. The maximum absolute atomic E-state index is 13.1. The highest BCUT2D eigenvalue weighted by Gasteiger charge is 2.40. The number of phenols is 1. The lowest BCUT2D eigenvalue weighted by molar-refractivity contribution is -0.137. The van der Waals surface area contributed by atoms with Crippen molar-refractivity contribution < 1.29 is 14.7 Å². The lowest BCUT2D eigenvalue weighted by Gasteiger charge is -2.48. The number of phenolic OH excluding ortho intramolecular Hbond substituents is 1. The first-order valence-electron chi connectivity index (χ1n) is 10.6. The Morgan fingerprint density at radius 3 is 2.65 bits per heavy atom. The van der Waals surface area contributed by atoms with Gasteiger partial charge < -0.3 is 14.9 Å². The number of carbonyl (C=O) groups is 2. The lowest BCUT2D eigenvalue weighted by Crippen LogP contribution is -2.64. The van der Waals surface area contributed by atoms with E-state index in [9.17, 15) is 14.7 Å². The van der Waals surface area contributed by atoms with Crippen molar-refractivity contribution in [2.75, 3.05) is 25.0 Å². The molecule has 31 heavy (non-hydrogen) atoms. The molecule has 3 aromatic rings. The Kier molecular flexibility index (Phi) is 4.58. The maximum atomic E-state index is 13.1. The van der Waals surface area contributed by atoms with E-state index in [2.05, 4.69) is 12.1 Å². The number of carbonyl (C=O) groups excluding carboxylic acids is 2. The van der Waals surface area contributed by atoms with Crippen molar-refractivity contribution in [3.63, 3.8) is 0 Å². The number of anilines is 1. The Hall–Kier alpha value is -3.54. The van der Waals surface area contributed by atoms with Crippen LogP contribution >= 0.6 is 0 Å². The number of nitrogens with zero attached hydrogens (tertiary/aromatic N) is 3. The van der Waals surface area contributed by atoms with E-state index >= 15 is 0 Å². The van der Waals surface area contributed by atoms with Gasteiger partial charge in [-0.05, 0) is 45.7 Å². The highest BCUT2D eigenvalue weighted by Crippen LogP contribution is 2.38. The van der Waals surface area contributed by atoms with Crippen LogP contribution in [0, 0.1) is 0 Å². The van der Waals surface area contributed by atoms with Gasteiger partial charge >= 0.3 is 6.03 Å². The van der Waals surface area contributed by atoms with E-state index in [-0.39, 0.29) is 23.7 Å². The normalized spacial score (nSPS) is 16.5. The van der Waals surface area contributed by atoms with Crippen LogP contribution in [-0.4, -0.2) is 53.0 Å². The molecule has 1 N–H and O–H groups in total. The molecule has 0 saturated carbocycles. The zero-order valence-corrected chi connectivity index (χ0v) is 17.7. The summed E-state index contributed by atoms with van der Waals surface area (Å²) in [4.78, 5) is 30.3. The van der Waals surface area contributed by atoms with Crippen molar-refractivity contribution >= 4 is 28.4 Å². The van der Waals surface area contributed by atoms with E-state index in [0.717, 1.165) is 33.2 Å². The number of amides is 3. The number of fused-ring (bicyclic) bond motifs is 2. The molecule has 0 aromatic heterocycles. The Balaban J connectivity index is 1.47. The van der Waals surface area contributed by atoms with Gasteiger partial charge in [-0.1, -0.05) is 43.3 Å². The SMILES string of the molecule is CCC(=O)N1CC(N2Cc3ccc(-c4cc(O)cc5ccccc45)cc3N(C)C2=O)C1. The number of rotatable bonds is 3. The summed E-state index contributed by atoms with van der Waals surface area (Å²) in [6, 6.07) is 17.7. The fourth-order valence-corrected chi connectivity index (χ4v) is 4.62. The minimum atomic E-state index is -0.0426. The lowest BCUT2D eigenvalue weighted by atomic mass is 9.95. The predicted octanol–water partition coefficient (Wildman–Crippen LogP) is 4.21. The second-order valence-corrected chi connectivity index (χ2v) is 8.33. The van der Waals surface area contributed by atoms with Crippen LogP contribution < -0.4 is 4.90 Å². The molecule has 1 saturated heterocycles. The van der Waals surface area contributed by atoms with Gasteiger partial charge in [-0.15, -0.1) is 0 Å². The number of hydrogen-bond donors (Lipinski definition) is 1. The molecule has 1 fully saturated rings. The number of benzene rings is 3. The van der Waals surface area contributed by atoms with Gasteiger partial charge in [0.1, 0.15) is 5.75 Å². The quantitative estimate of drug-likeness (QED) is 0.697. The zero-order valence-electron chi connectivity index (χ0n) is 17.7. The van der Waals surface area contributed by atoms with Gasteiger partial charge in [0.25, 0.3) is 0 Å². The van der Waals surface area contributed by atoms with E-state index in [1.165, 1.54) is 0 Å². The van der Waals surface area contributed by atoms with Gasteiger partial charge in [-0.2, -0.15) is 0 Å². The summed E-state index contributed by atoms with van der Waals surface area (Å²) in [6.45, 7) is 3.61. The summed E-state index contributed by atoms with van der Waals surface area (Å²) in [7, 11) is 1.80. The molecule has 6 heteroatoms. The van der Waals surface area contributed by atoms with Crippen LogP contribution in [-0.2, 0) is 11.3 Å². The second kappa shape index (κ2) is 7.30. The van der Waals surface area contributed by atoms with E-state index in [4.69, 9.17) is 0 Å². The molecule has 158 valence electrons. The molecule has 2 aliphatic rings. The Labute approximate surface area is 181 Å². The standard InChI is InChI=1S/C25H25N3O3/c1-3-24(30)27-14-19(15-27)28-13-18-9-8-17(11-23(18)26(2)25(28)31)22-12-20(29)10-16-6-4-5-7-21(16)22/h4-12,19,29H,3,13-15H2,1-2H3. The van der Waals surface area contributed by atoms with Gasteiger partial charge in [0.15, 0.2) is 0 Å². The number of hydrogen-bond acceptors (Lipinski definition) is 3. The topological polar surface area (TPSA) is 64.1 Å². The molecule has 2 aliphatic heterocycles. The predicted molar refractivity (Wildman–Crippen MR) is 121 cm³/mol. The third kappa shape index (κ3) is 3.19. The van der Waals surface area contributed by atoms with Crippen LogP contribution in [0.4, 0.5) is 10.5 Å². The third-order valence-corrected chi connectivity index (χ3v) is 6.44. The molecular formula is C25H25N3O3. The molecule has 5 rings (SSSR count). The van der Waals surface area contributed by atoms with Crippen LogP contribution in [0.1, 0.15) is 18.9 Å². The average molecular weight is 415 g/mol. The second-order valence-electron chi connectivity index (χ2n) is 8.33. The van der Waals surface area contributed by atoms with Crippen molar-refractivity contribution in [2.24, 2.45) is 0 Å². The average Bonchev–Trinajstić information content (AvgIpc) is 2.75. The van der Waals surface area contributed by atoms with Crippen molar-refractivity contribution in [1.29, 1.82) is 0 Å². The summed E-state index contributed by atoms with van der Waals surface area (Å²) in [5, 5.41) is 12.2. The molecule has 0 spiro atoms. The number of aromatic hydroxyl groups is 1. The van der Waals surface area contributed by atoms with Gasteiger partial charge in [0.05, 0.1) is 11.7 Å². The third-order valence-electron chi connectivity index (χ3n) is 6.44. The first kappa shape index (κ1) is 19.4. The van der Waals surface area contributed by atoms with Gasteiger partial charge in [0, 0.05) is 33.1 Å². The van der Waals surface area contributed by atoms with Crippen molar-refractivity contribution in [3.8, 4) is 16.9 Å². The Morgan fingerprint density at radius 2 is 1.87 bits per heavy atom. The van der Waals surface area contributed by atoms with Crippen LogP contribution in [0.3, 0.4) is 0 Å². The Bertz CT molecular complexity index is 1200. The van der Waals surface area contributed by atoms with E-state index in [1.807, 2.05) is 47.1 Å². The van der Waals surface area contributed by atoms with Crippen molar-refractivity contribution in [1.82, 2.24) is 9.80 Å². The van der Waals surface area contributed by atoms with Gasteiger partial charge in [-0.3, -0.25) is 9.69 Å². The first-order chi connectivity index (χ1) is 15.0. The monoisotopic (exact) mass is 415 g/mol. The number of likely N-dealkylation sites (tertiary alicyclic amines) is 1. The summed E-state index contributed by atoms with van der Waals surface area (Å²) < 4.78 is 0. The molecule has 0 unspecified atom stereocenters. The largest absolute Gasteiger partial charge is 0.508 e. The molecule has 0 atom stereocenters. The molecule has 3 amide bonds. The highest BCUT2D eigenvalue weighted by molar-refractivity contribution is 6.00.